The van der Waals surface area contributed by atoms with Gasteiger partial charge in [-0.15, -0.1) is 0 Å². The number of aromatic nitrogens is 4. The third-order valence-corrected chi connectivity index (χ3v) is 3.35. The fourth-order valence-electron chi connectivity index (χ4n) is 1.81. The molecule has 20 heavy (non-hydrogen) atoms. The minimum atomic E-state index is -0.179. The van der Waals surface area contributed by atoms with Crippen LogP contribution in [0.3, 0.4) is 0 Å². The van der Waals surface area contributed by atoms with Crippen molar-refractivity contribution in [1.82, 2.24) is 19.3 Å². The maximum absolute atomic E-state index is 12.5. The second kappa shape index (κ2) is 6.78. The van der Waals surface area contributed by atoms with Gasteiger partial charge >= 0.3 is 0 Å². The van der Waals surface area contributed by atoms with Crippen LogP contribution in [-0.2, 0) is 17.8 Å². The molecule has 7 nitrogen and oxygen atoms in total. The lowest BCUT2D eigenvalue weighted by Crippen LogP contribution is -2.15. The van der Waals surface area contributed by atoms with Crippen molar-refractivity contribution in [2.75, 3.05) is 20.3 Å². The van der Waals surface area contributed by atoms with E-state index in [9.17, 15) is 4.79 Å². The van der Waals surface area contributed by atoms with Gasteiger partial charge < -0.3 is 15.0 Å². The van der Waals surface area contributed by atoms with Crippen molar-refractivity contribution < 1.29 is 9.53 Å². The van der Waals surface area contributed by atoms with Crippen LogP contribution in [0.15, 0.2) is 23.2 Å². The molecule has 2 N–H and O–H groups in total. The summed E-state index contributed by atoms with van der Waals surface area (Å²) < 4.78 is 9.05. The van der Waals surface area contributed by atoms with Crippen molar-refractivity contribution >= 4 is 21.7 Å². The van der Waals surface area contributed by atoms with Gasteiger partial charge in [0.25, 0.3) is 0 Å². The Labute approximate surface area is 124 Å². The SMILES string of the molecule is COCCn1ncc(Br)c1C(=O)c1cn(CCN)cn1. The number of halogens is 1. The van der Waals surface area contributed by atoms with Gasteiger partial charge in [0.1, 0.15) is 11.4 Å². The minimum Gasteiger partial charge on any atom is -0.383 e. The summed E-state index contributed by atoms with van der Waals surface area (Å²) in [7, 11) is 1.61. The van der Waals surface area contributed by atoms with Gasteiger partial charge in [0.2, 0.25) is 5.78 Å². The number of hydrogen-bond acceptors (Lipinski definition) is 5. The molecule has 0 fully saturated rings. The molecule has 2 rings (SSSR count). The Balaban J connectivity index is 2.25. The Kier molecular flexibility index (Phi) is 5.05. The molecule has 0 saturated heterocycles. The standard InChI is InChI=1S/C12H16BrN5O2/c1-20-5-4-18-11(9(13)6-16-18)12(19)10-7-17(3-2-14)8-15-10/h6-8H,2-5,14H2,1H3. The van der Waals surface area contributed by atoms with E-state index in [4.69, 9.17) is 10.5 Å². The molecule has 0 bridgehead atoms. The van der Waals surface area contributed by atoms with Crippen LogP contribution in [0, 0.1) is 0 Å². The van der Waals surface area contributed by atoms with Crippen molar-refractivity contribution in [3.05, 3.63) is 34.6 Å². The zero-order valence-electron chi connectivity index (χ0n) is 11.1. The molecule has 2 heterocycles. The first kappa shape index (κ1) is 14.9. The summed E-state index contributed by atoms with van der Waals surface area (Å²) in [6.45, 7) is 2.12. The summed E-state index contributed by atoms with van der Waals surface area (Å²) in [6.07, 6.45) is 4.89. The van der Waals surface area contributed by atoms with Gasteiger partial charge in [-0.3, -0.25) is 9.48 Å². The number of rotatable bonds is 7. The van der Waals surface area contributed by atoms with E-state index < -0.39 is 0 Å². The zero-order valence-corrected chi connectivity index (χ0v) is 12.7. The van der Waals surface area contributed by atoms with E-state index >= 15 is 0 Å². The average Bonchev–Trinajstić information content (AvgIpc) is 3.03. The molecular formula is C12H16BrN5O2. The van der Waals surface area contributed by atoms with Gasteiger partial charge in [0.05, 0.1) is 30.1 Å². The van der Waals surface area contributed by atoms with Gasteiger partial charge in [-0.1, -0.05) is 0 Å². The first-order valence-corrected chi connectivity index (χ1v) is 6.93. The highest BCUT2D eigenvalue weighted by atomic mass is 79.9. The van der Waals surface area contributed by atoms with Gasteiger partial charge in [-0.2, -0.15) is 5.10 Å². The first-order valence-electron chi connectivity index (χ1n) is 6.14. The molecule has 108 valence electrons. The minimum absolute atomic E-state index is 0.179. The van der Waals surface area contributed by atoms with Crippen LogP contribution in [-0.4, -0.2) is 45.4 Å². The molecule has 2 aromatic rings. The highest BCUT2D eigenvalue weighted by Crippen LogP contribution is 2.19. The van der Waals surface area contributed by atoms with Crippen molar-refractivity contribution in [1.29, 1.82) is 0 Å². The summed E-state index contributed by atoms with van der Waals surface area (Å²) in [5, 5.41) is 4.16. The van der Waals surface area contributed by atoms with E-state index in [-0.39, 0.29) is 5.78 Å². The topological polar surface area (TPSA) is 88.0 Å². The number of hydrogen-bond donors (Lipinski definition) is 1. The number of methoxy groups -OCH3 is 1. The second-order valence-corrected chi connectivity index (χ2v) is 5.03. The van der Waals surface area contributed by atoms with Gasteiger partial charge in [-0.25, -0.2) is 4.98 Å². The molecule has 0 spiro atoms. The molecule has 0 radical (unpaired) electrons. The lowest BCUT2D eigenvalue weighted by atomic mass is 10.2. The van der Waals surface area contributed by atoms with Crippen molar-refractivity contribution in [2.45, 2.75) is 13.1 Å². The van der Waals surface area contributed by atoms with Crippen LogP contribution < -0.4 is 5.73 Å². The lowest BCUT2D eigenvalue weighted by Gasteiger charge is -2.05. The number of nitrogens with two attached hydrogens (primary N) is 1. The van der Waals surface area contributed by atoms with Gasteiger partial charge in [0, 0.05) is 26.4 Å². The molecule has 0 aliphatic heterocycles. The molecule has 2 aromatic heterocycles. The number of ketones is 1. The molecule has 0 atom stereocenters. The maximum atomic E-state index is 12.5. The number of imidazole rings is 1. The fourth-order valence-corrected chi connectivity index (χ4v) is 2.28. The maximum Gasteiger partial charge on any atom is 0.232 e. The van der Waals surface area contributed by atoms with Crippen LogP contribution in [0.4, 0.5) is 0 Å². The molecule has 8 heteroatoms. The van der Waals surface area contributed by atoms with Crippen LogP contribution in [0.5, 0.6) is 0 Å². The monoisotopic (exact) mass is 341 g/mol. The summed E-state index contributed by atoms with van der Waals surface area (Å²) in [5.74, 6) is -0.179. The second-order valence-electron chi connectivity index (χ2n) is 4.17. The zero-order chi connectivity index (χ0) is 14.5. The quantitative estimate of drug-likeness (QED) is 0.748. The predicted octanol–water partition coefficient (Wildman–Crippen LogP) is 0.678. The normalized spacial score (nSPS) is 10.9. The highest BCUT2D eigenvalue weighted by Gasteiger charge is 2.20. The third kappa shape index (κ3) is 3.14. The molecule has 0 unspecified atom stereocenters. The highest BCUT2D eigenvalue weighted by molar-refractivity contribution is 9.10. The van der Waals surface area contributed by atoms with Crippen LogP contribution in [0.25, 0.3) is 0 Å². The van der Waals surface area contributed by atoms with Crippen LogP contribution in [0.2, 0.25) is 0 Å². The first-order chi connectivity index (χ1) is 9.67. The van der Waals surface area contributed by atoms with E-state index in [2.05, 4.69) is 26.0 Å². The Hall–Kier alpha value is -1.51. The molecular weight excluding hydrogens is 326 g/mol. The number of carbonyl (C=O) groups is 1. The Bertz CT molecular complexity index is 592. The molecule has 0 aliphatic rings. The molecule has 0 aromatic carbocycles. The van der Waals surface area contributed by atoms with E-state index in [1.807, 2.05) is 0 Å². The molecule has 0 saturated carbocycles. The van der Waals surface area contributed by atoms with Gasteiger partial charge in [0.15, 0.2) is 0 Å². The number of ether oxygens (including phenoxy) is 1. The lowest BCUT2D eigenvalue weighted by molar-refractivity contribution is 0.102. The van der Waals surface area contributed by atoms with Crippen LogP contribution >= 0.6 is 15.9 Å². The third-order valence-electron chi connectivity index (χ3n) is 2.77. The predicted molar refractivity (Wildman–Crippen MR) is 76.5 cm³/mol. The summed E-state index contributed by atoms with van der Waals surface area (Å²) in [6, 6.07) is 0. The van der Waals surface area contributed by atoms with E-state index in [1.165, 1.54) is 0 Å². The molecule has 0 aliphatic carbocycles. The van der Waals surface area contributed by atoms with Gasteiger partial charge in [-0.05, 0) is 15.9 Å². The Morgan fingerprint density at radius 2 is 2.30 bits per heavy atom. The van der Waals surface area contributed by atoms with E-state index in [0.29, 0.717) is 42.1 Å². The van der Waals surface area contributed by atoms with Crippen molar-refractivity contribution in [2.24, 2.45) is 5.73 Å². The molecule has 0 amide bonds. The van der Waals surface area contributed by atoms with E-state index in [0.717, 1.165) is 0 Å². The van der Waals surface area contributed by atoms with Crippen LogP contribution in [0.1, 0.15) is 16.2 Å². The van der Waals surface area contributed by atoms with Crippen molar-refractivity contribution in [3.63, 3.8) is 0 Å². The smallest absolute Gasteiger partial charge is 0.232 e. The fraction of sp³-hybridized carbons (Fsp3) is 0.417. The number of carbonyl (C=O) groups excluding carboxylic acids is 1. The largest absolute Gasteiger partial charge is 0.383 e. The van der Waals surface area contributed by atoms with Crippen molar-refractivity contribution in [3.8, 4) is 0 Å². The summed E-state index contributed by atoms with van der Waals surface area (Å²) in [5.41, 5.74) is 6.32. The number of nitrogens with zero attached hydrogens (tertiary/aromatic N) is 4. The summed E-state index contributed by atoms with van der Waals surface area (Å²) in [4.78, 5) is 16.6. The Morgan fingerprint density at radius 3 is 3.00 bits per heavy atom. The van der Waals surface area contributed by atoms with E-state index in [1.54, 1.807) is 35.1 Å². The Morgan fingerprint density at radius 1 is 1.50 bits per heavy atom. The summed E-state index contributed by atoms with van der Waals surface area (Å²) >= 11 is 3.34. The average molecular weight is 342 g/mol.